The Labute approximate surface area is 185 Å². The maximum absolute atomic E-state index is 11.4. The minimum absolute atomic E-state index is 0.00494. The van der Waals surface area contributed by atoms with Crippen LogP contribution in [0.3, 0.4) is 0 Å². The lowest BCUT2D eigenvalue weighted by atomic mass is 10.2. The number of morpholine rings is 1. The summed E-state index contributed by atoms with van der Waals surface area (Å²) in [6.45, 7) is 4.58. The number of hydrogen-bond acceptors (Lipinski definition) is 10. The van der Waals surface area contributed by atoms with Crippen molar-refractivity contribution < 1.29 is 14.3 Å². The van der Waals surface area contributed by atoms with E-state index in [-0.39, 0.29) is 17.9 Å². The van der Waals surface area contributed by atoms with E-state index in [1.165, 1.54) is 6.92 Å². The van der Waals surface area contributed by atoms with Crippen LogP contribution >= 0.6 is 0 Å². The Morgan fingerprint density at radius 1 is 1.12 bits per heavy atom. The van der Waals surface area contributed by atoms with Crippen LogP contribution in [0.25, 0.3) is 11.4 Å². The Balaban J connectivity index is 1.60. The number of ether oxygens (including phenoxy) is 2. The molecule has 1 amide bonds. The molecule has 11 nitrogen and oxygen atoms in total. The summed E-state index contributed by atoms with van der Waals surface area (Å²) in [7, 11) is 1.76. The summed E-state index contributed by atoms with van der Waals surface area (Å²) in [5.74, 6) is 1.62. The van der Waals surface area contributed by atoms with Gasteiger partial charge in [-0.1, -0.05) is 12.1 Å². The van der Waals surface area contributed by atoms with E-state index in [0.717, 1.165) is 5.56 Å². The fourth-order valence-corrected chi connectivity index (χ4v) is 3.03. The third-order valence-corrected chi connectivity index (χ3v) is 4.92. The maximum Gasteiger partial charge on any atom is 0.327 e. The Kier molecular flexibility index (Phi) is 6.36. The molecule has 1 aliphatic rings. The number of nitrogen functional groups attached to an aromatic ring is 1. The van der Waals surface area contributed by atoms with E-state index in [1.54, 1.807) is 24.3 Å². The third-order valence-electron chi connectivity index (χ3n) is 4.92. The van der Waals surface area contributed by atoms with Crippen molar-refractivity contribution in [3.63, 3.8) is 0 Å². The molecular formula is C21H24N8O3. The van der Waals surface area contributed by atoms with Crippen LogP contribution in [-0.4, -0.2) is 69.1 Å². The highest BCUT2D eigenvalue weighted by Crippen LogP contribution is 2.24. The van der Waals surface area contributed by atoms with Gasteiger partial charge in [0.2, 0.25) is 17.8 Å². The second-order valence-electron chi connectivity index (χ2n) is 7.29. The van der Waals surface area contributed by atoms with Crippen LogP contribution in [0.1, 0.15) is 12.5 Å². The van der Waals surface area contributed by atoms with Crippen LogP contribution in [0.2, 0.25) is 0 Å². The van der Waals surface area contributed by atoms with Gasteiger partial charge in [0.1, 0.15) is 5.75 Å². The highest BCUT2D eigenvalue weighted by atomic mass is 16.5. The molecule has 1 saturated heterocycles. The van der Waals surface area contributed by atoms with Crippen LogP contribution in [0.4, 0.5) is 11.9 Å². The summed E-state index contributed by atoms with van der Waals surface area (Å²) in [6.07, 6.45) is 3.12. The van der Waals surface area contributed by atoms with Gasteiger partial charge in [-0.3, -0.25) is 4.79 Å². The Morgan fingerprint density at radius 2 is 1.81 bits per heavy atom. The van der Waals surface area contributed by atoms with E-state index in [1.807, 2.05) is 29.2 Å². The molecule has 4 rings (SSSR count). The summed E-state index contributed by atoms with van der Waals surface area (Å²) in [5.41, 5.74) is 7.18. The molecule has 0 unspecified atom stereocenters. The number of nitrogens with two attached hydrogens (primary N) is 1. The Bertz CT molecular complexity index is 1070. The van der Waals surface area contributed by atoms with Gasteiger partial charge in [-0.15, -0.1) is 0 Å². The van der Waals surface area contributed by atoms with Gasteiger partial charge in [-0.25, -0.2) is 9.97 Å². The van der Waals surface area contributed by atoms with Gasteiger partial charge in [-0.2, -0.15) is 15.0 Å². The topological polar surface area (TPSA) is 132 Å². The fourth-order valence-electron chi connectivity index (χ4n) is 3.03. The van der Waals surface area contributed by atoms with Crippen molar-refractivity contribution in [2.75, 3.05) is 44.0 Å². The van der Waals surface area contributed by atoms with Crippen molar-refractivity contribution in [3.8, 4) is 23.1 Å². The number of anilines is 2. The first-order chi connectivity index (χ1) is 15.5. The molecule has 2 N–H and O–H groups in total. The van der Waals surface area contributed by atoms with E-state index in [9.17, 15) is 4.79 Å². The number of carbonyl (C=O) groups is 1. The zero-order chi connectivity index (χ0) is 22.5. The molecule has 11 heteroatoms. The van der Waals surface area contributed by atoms with Crippen molar-refractivity contribution in [1.29, 1.82) is 0 Å². The summed E-state index contributed by atoms with van der Waals surface area (Å²) in [6, 6.07) is 7.57. The lowest BCUT2D eigenvalue weighted by Crippen LogP contribution is -2.37. The molecular weight excluding hydrogens is 412 g/mol. The molecule has 0 bridgehead atoms. The van der Waals surface area contributed by atoms with Crippen LogP contribution < -0.4 is 15.4 Å². The van der Waals surface area contributed by atoms with Gasteiger partial charge >= 0.3 is 6.01 Å². The summed E-state index contributed by atoms with van der Waals surface area (Å²) in [4.78, 5) is 36.6. The van der Waals surface area contributed by atoms with Crippen molar-refractivity contribution in [2.45, 2.75) is 13.5 Å². The first kappa shape index (κ1) is 21.4. The van der Waals surface area contributed by atoms with Crippen LogP contribution in [-0.2, 0) is 16.1 Å². The summed E-state index contributed by atoms with van der Waals surface area (Å²) in [5, 5.41) is 0. The SMILES string of the molecule is CC(=O)N(C)Cc1ccc(Oc2nc(-c3cnc(N)nc3)nc(N3CCOCC3)n2)cc1. The number of rotatable bonds is 6. The fraction of sp³-hybridized carbons (Fsp3) is 0.333. The highest BCUT2D eigenvalue weighted by molar-refractivity contribution is 5.72. The summed E-state index contributed by atoms with van der Waals surface area (Å²) >= 11 is 0. The number of carbonyl (C=O) groups excluding carboxylic acids is 1. The van der Waals surface area contributed by atoms with Crippen molar-refractivity contribution in [1.82, 2.24) is 29.8 Å². The normalized spacial score (nSPS) is 13.6. The summed E-state index contributed by atoms with van der Waals surface area (Å²) < 4.78 is 11.4. The Hall–Kier alpha value is -3.86. The average molecular weight is 436 g/mol. The van der Waals surface area contributed by atoms with Gasteiger partial charge in [-0.05, 0) is 17.7 Å². The monoisotopic (exact) mass is 436 g/mol. The van der Waals surface area contributed by atoms with Crippen LogP contribution in [0, 0.1) is 0 Å². The standard InChI is InChI=1S/C21H24N8O3/c1-14(30)28(2)13-15-3-5-17(6-4-15)32-21-26-18(16-11-23-19(22)24-12-16)25-20(27-21)29-7-9-31-10-8-29/h3-6,11-12H,7-10,13H2,1-2H3,(H2,22,23,24). The van der Waals surface area contributed by atoms with E-state index in [2.05, 4.69) is 24.9 Å². The molecule has 1 aliphatic heterocycles. The maximum atomic E-state index is 11.4. The Morgan fingerprint density at radius 3 is 2.47 bits per heavy atom. The predicted molar refractivity (Wildman–Crippen MR) is 117 cm³/mol. The molecule has 1 fully saturated rings. The van der Waals surface area contributed by atoms with Gasteiger partial charge in [0.15, 0.2) is 5.82 Å². The minimum atomic E-state index is 0.00494. The average Bonchev–Trinajstić information content (AvgIpc) is 2.81. The zero-order valence-electron chi connectivity index (χ0n) is 17.9. The molecule has 0 radical (unpaired) electrons. The molecule has 1 aromatic carbocycles. The molecule has 3 heterocycles. The van der Waals surface area contributed by atoms with Crippen molar-refractivity contribution in [3.05, 3.63) is 42.2 Å². The molecule has 166 valence electrons. The quantitative estimate of drug-likeness (QED) is 0.606. The number of benzene rings is 1. The largest absolute Gasteiger partial charge is 0.424 e. The lowest BCUT2D eigenvalue weighted by Gasteiger charge is -2.27. The number of amides is 1. The van der Waals surface area contributed by atoms with E-state index in [0.29, 0.717) is 55.9 Å². The van der Waals surface area contributed by atoms with E-state index < -0.39 is 0 Å². The van der Waals surface area contributed by atoms with Crippen molar-refractivity contribution >= 4 is 17.8 Å². The van der Waals surface area contributed by atoms with Gasteiger partial charge < -0.3 is 25.0 Å². The van der Waals surface area contributed by atoms with Crippen molar-refractivity contribution in [2.24, 2.45) is 0 Å². The van der Waals surface area contributed by atoms with Gasteiger partial charge in [0.05, 0.1) is 18.8 Å². The highest BCUT2D eigenvalue weighted by Gasteiger charge is 2.18. The second kappa shape index (κ2) is 9.52. The zero-order valence-corrected chi connectivity index (χ0v) is 17.9. The molecule has 2 aromatic heterocycles. The molecule has 32 heavy (non-hydrogen) atoms. The third kappa shape index (κ3) is 5.24. The second-order valence-corrected chi connectivity index (χ2v) is 7.29. The van der Waals surface area contributed by atoms with E-state index >= 15 is 0 Å². The van der Waals surface area contributed by atoms with Crippen LogP contribution in [0.5, 0.6) is 11.8 Å². The predicted octanol–water partition coefficient (Wildman–Crippen LogP) is 1.52. The van der Waals surface area contributed by atoms with E-state index in [4.69, 9.17) is 15.2 Å². The first-order valence-electron chi connectivity index (χ1n) is 10.1. The lowest BCUT2D eigenvalue weighted by molar-refractivity contribution is -0.128. The molecule has 0 aliphatic carbocycles. The number of nitrogens with zero attached hydrogens (tertiary/aromatic N) is 7. The first-order valence-corrected chi connectivity index (χ1v) is 10.1. The number of hydrogen-bond donors (Lipinski definition) is 1. The smallest absolute Gasteiger partial charge is 0.327 e. The molecule has 0 atom stereocenters. The van der Waals surface area contributed by atoms with Crippen LogP contribution in [0.15, 0.2) is 36.7 Å². The van der Waals surface area contributed by atoms with Gasteiger partial charge in [0.25, 0.3) is 0 Å². The molecule has 0 spiro atoms. The van der Waals surface area contributed by atoms with Gasteiger partial charge in [0, 0.05) is 46.0 Å². The molecule has 0 saturated carbocycles. The number of aromatic nitrogens is 5. The molecule has 3 aromatic rings. The minimum Gasteiger partial charge on any atom is -0.424 e.